The van der Waals surface area contributed by atoms with Crippen molar-refractivity contribution in [1.82, 2.24) is 0 Å². The molecule has 0 amide bonds. The SMILES string of the molecule is CC(=O)CC(=O)C1CCCCC1.CC(=O)CC(=O)C1CCCCC1.CC(=O)CC(=O)C1CCCCC1.[Rh]. The van der Waals surface area contributed by atoms with E-state index >= 15 is 0 Å². The molecule has 0 spiro atoms. The largest absolute Gasteiger partial charge is 0.300 e. The van der Waals surface area contributed by atoms with Crippen LogP contribution < -0.4 is 0 Å². The molecule has 3 aliphatic carbocycles. The maximum atomic E-state index is 11.4. The first-order valence-corrected chi connectivity index (χ1v) is 14.2. The molecule has 3 aliphatic rings. The van der Waals surface area contributed by atoms with E-state index in [9.17, 15) is 28.8 Å². The van der Waals surface area contributed by atoms with E-state index in [4.69, 9.17) is 0 Å². The monoisotopic (exact) mass is 607 g/mol. The van der Waals surface area contributed by atoms with Crippen molar-refractivity contribution in [2.45, 2.75) is 136 Å². The molecule has 1 radical (unpaired) electrons. The van der Waals surface area contributed by atoms with Crippen LogP contribution in [0.3, 0.4) is 0 Å². The number of carbonyl (C=O) groups excluding carboxylic acids is 6. The molecule has 6 nitrogen and oxygen atoms in total. The maximum absolute atomic E-state index is 11.4. The predicted molar refractivity (Wildman–Crippen MR) is 141 cm³/mol. The average Bonchev–Trinajstić information content (AvgIpc) is 2.85. The van der Waals surface area contributed by atoms with Gasteiger partial charge in [0, 0.05) is 37.2 Å². The van der Waals surface area contributed by atoms with Crippen LogP contribution in [0.25, 0.3) is 0 Å². The van der Waals surface area contributed by atoms with Gasteiger partial charge in [0.2, 0.25) is 0 Å². The molecule has 0 atom stereocenters. The van der Waals surface area contributed by atoms with Crippen LogP contribution >= 0.6 is 0 Å². The molecule has 3 rings (SSSR count). The van der Waals surface area contributed by atoms with Crippen LogP contribution in [-0.4, -0.2) is 34.7 Å². The molecule has 3 fully saturated rings. The molecular formula is C30H48O6Rh. The maximum Gasteiger partial charge on any atom is 0.143 e. The topological polar surface area (TPSA) is 102 Å². The van der Waals surface area contributed by atoms with Crippen molar-refractivity contribution < 1.29 is 48.2 Å². The number of Topliss-reactive ketones (excluding diaryl/α,β-unsaturated/α-hetero) is 6. The van der Waals surface area contributed by atoms with Crippen LogP contribution in [-0.2, 0) is 48.2 Å². The molecule has 0 aliphatic heterocycles. The second-order valence-electron chi connectivity index (χ2n) is 11.0. The van der Waals surface area contributed by atoms with Gasteiger partial charge in [-0.05, 0) is 59.3 Å². The van der Waals surface area contributed by atoms with Gasteiger partial charge < -0.3 is 0 Å². The Kier molecular flexibility index (Phi) is 19.8. The van der Waals surface area contributed by atoms with Crippen LogP contribution in [0, 0.1) is 17.8 Å². The van der Waals surface area contributed by atoms with E-state index in [1.165, 1.54) is 40.0 Å². The van der Waals surface area contributed by atoms with Gasteiger partial charge in [0.15, 0.2) is 0 Å². The number of rotatable bonds is 9. The normalized spacial score (nSPS) is 18.6. The summed E-state index contributed by atoms with van der Waals surface area (Å²) in [6, 6.07) is 0. The number of hydrogen-bond donors (Lipinski definition) is 0. The molecule has 37 heavy (non-hydrogen) atoms. The van der Waals surface area contributed by atoms with Gasteiger partial charge in [-0.25, -0.2) is 0 Å². The first-order valence-electron chi connectivity index (χ1n) is 14.2. The van der Waals surface area contributed by atoms with E-state index in [-0.39, 0.29) is 91.2 Å². The Morgan fingerprint density at radius 1 is 0.405 bits per heavy atom. The molecule has 0 unspecified atom stereocenters. The fourth-order valence-electron chi connectivity index (χ4n) is 5.44. The van der Waals surface area contributed by atoms with Gasteiger partial charge in [0.1, 0.15) is 34.7 Å². The fraction of sp³-hybridized carbons (Fsp3) is 0.800. The summed E-state index contributed by atoms with van der Waals surface area (Å²) in [7, 11) is 0. The molecule has 213 valence electrons. The number of carbonyl (C=O) groups is 6. The third kappa shape index (κ3) is 17.0. The van der Waals surface area contributed by atoms with Gasteiger partial charge in [0.05, 0.1) is 19.3 Å². The zero-order valence-corrected chi connectivity index (χ0v) is 24.9. The third-order valence-electron chi connectivity index (χ3n) is 7.45. The Bertz CT molecular complexity index is 641. The summed E-state index contributed by atoms with van der Waals surface area (Å²) in [5, 5.41) is 0. The average molecular weight is 608 g/mol. The van der Waals surface area contributed by atoms with Crippen LogP contribution in [0.4, 0.5) is 0 Å². The van der Waals surface area contributed by atoms with Gasteiger partial charge in [-0.15, -0.1) is 0 Å². The van der Waals surface area contributed by atoms with Crippen LogP contribution in [0.5, 0.6) is 0 Å². The Morgan fingerprint density at radius 2 is 0.595 bits per heavy atom. The summed E-state index contributed by atoms with van der Waals surface area (Å²) in [5.41, 5.74) is 0. The van der Waals surface area contributed by atoms with E-state index in [2.05, 4.69) is 0 Å². The van der Waals surface area contributed by atoms with E-state index in [1.807, 2.05) is 0 Å². The van der Waals surface area contributed by atoms with Crippen molar-refractivity contribution in [3.05, 3.63) is 0 Å². The van der Waals surface area contributed by atoms with Gasteiger partial charge in [0.25, 0.3) is 0 Å². The van der Waals surface area contributed by atoms with E-state index in [0.717, 1.165) is 77.0 Å². The minimum Gasteiger partial charge on any atom is -0.300 e. The van der Waals surface area contributed by atoms with Crippen molar-refractivity contribution in [2.75, 3.05) is 0 Å². The first-order chi connectivity index (χ1) is 17.1. The molecule has 0 aromatic heterocycles. The molecule has 7 heteroatoms. The molecule has 0 N–H and O–H groups in total. The quantitative estimate of drug-likeness (QED) is 0.224. The van der Waals surface area contributed by atoms with Gasteiger partial charge in [-0.2, -0.15) is 0 Å². The number of hydrogen-bond acceptors (Lipinski definition) is 6. The predicted octanol–water partition coefficient (Wildman–Crippen LogP) is 6.34. The molecule has 0 aromatic rings. The van der Waals surface area contributed by atoms with E-state index in [1.54, 1.807) is 0 Å². The van der Waals surface area contributed by atoms with Crippen molar-refractivity contribution >= 4 is 34.7 Å². The molecule has 0 aromatic carbocycles. The summed E-state index contributed by atoms with van der Waals surface area (Å²) in [5.74, 6) is 1.11. The summed E-state index contributed by atoms with van der Waals surface area (Å²) in [4.78, 5) is 66.2. The van der Waals surface area contributed by atoms with Crippen molar-refractivity contribution in [3.63, 3.8) is 0 Å². The molecule has 3 saturated carbocycles. The second kappa shape index (κ2) is 20.6. The summed E-state index contributed by atoms with van der Waals surface area (Å²) < 4.78 is 0. The second-order valence-corrected chi connectivity index (χ2v) is 11.0. The standard InChI is InChI=1S/3C10H16O2.Rh/c3*1-8(11)7-10(12)9-5-3-2-4-6-9;/h3*9H,2-7H2,1H3;. The molecule has 0 heterocycles. The van der Waals surface area contributed by atoms with E-state index in [0.29, 0.717) is 0 Å². The fourth-order valence-corrected chi connectivity index (χ4v) is 5.44. The van der Waals surface area contributed by atoms with Crippen LogP contribution in [0.2, 0.25) is 0 Å². The summed E-state index contributed by atoms with van der Waals surface area (Å²) in [6.45, 7) is 4.46. The minimum atomic E-state index is 0. The Morgan fingerprint density at radius 3 is 0.757 bits per heavy atom. The van der Waals surface area contributed by atoms with Gasteiger partial charge >= 0.3 is 0 Å². The van der Waals surface area contributed by atoms with Crippen molar-refractivity contribution in [3.8, 4) is 0 Å². The zero-order chi connectivity index (χ0) is 26.9. The van der Waals surface area contributed by atoms with Crippen LogP contribution in [0.1, 0.15) is 136 Å². The number of ketones is 6. The third-order valence-corrected chi connectivity index (χ3v) is 7.45. The van der Waals surface area contributed by atoms with Crippen molar-refractivity contribution in [1.29, 1.82) is 0 Å². The van der Waals surface area contributed by atoms with Gasteiger partial charge in [-0.3, -0.25) is 28.8 Å². The van der Waals surface area contributed by atoms with Crippen molar-refractivity contribution in [2.24, 2.45) is 17.8 Å². The Balaban J connectivity index is 0.000000518. The molecule has 0 bridgehead atoms. The Hall–Kier alpha value is -1.36. The Labute approximate surface area is 236 Å². The zero-order valence-electron chi connectivity index (χ0n) is 23.2. The molecular weight excluding hydrogens is 559 g/mol. The van der Waals surface area contributed by atoms with Gasteiger partial charge in [-0.1, -0.05) is 57.8 Å². The van der Waals surface area contributed by atoms with E-state index < -0.39 is 0 Å². The molecule has 0 saturated heterocycles. The summed E-state index contributed by atoms with van der Waals surface area (Å²) in [6.07, 6.45) is 17.2. The first kappa shape index (κ1) is 35.6. The smallest absolute Gasteiger partial charge is 0.143 e. The minimum absolute atomic E-state index is 0. The summed E-state index contributed by atoms with van der Waals surface area (Å²) >= 11 is 0. The van der Waals surface area contributed by atoms with Crippen LogP contribution in [0.15, 0.2) is 0 Å².